The van der Waals surface area contributed by atoms with Gasteiger partial charge in [-0.3, -0.25) is 4.79 Å². The van der Waals surface area contributed by atoms with Gasteiger partial charge in [-0.15, -0.1) is 0 Å². The van der Waals surface area contributed by atoms with Gasteiger partial charge < -0.3 is 10.4 Å². The second kappa shape index (κ2) is 7.48. The number of para-hydroxylation sites is 1. The predicted octanol–water partition coefficient (Wildman–Crippen LogP) is 3.28. The first-order chi connectivity index (χ1) is 15.0. The lowest BCUT2D eigenvalue weighted by molar-refractivity contribution is 0.0443. The largest absolute Gasteiger partial charge is 0.384 e. The normalized spacial score (nSPS) is 19.4. The summed E-state index contributed by atoms with van der Waals surface area (Å²) in [5.41, 5.74) is 0.589. The molecule has 156 valence electrons. The van der Waals surface area contributed by atoms with E-state index in [2.05, 4.69) is 15.3 Å². The first kappa shape index (κ1) is 19.2. The maximum absolute atomic E-state index is 13.1. The second-order valence-corrected chi connectivity index (χ2v) is 7.79. The van der Waals surface area contributed by atoms with Crippen molar-refractivity contribution in [2.24, 2.45) is 0 Å². The highest BCUT2D eigenvalue weighted by Gasteiger charge is 2.26. The van der Waals surface area contributed by atoms with Crippen LogP contribution in [0.3, 0.4) is 0 Å². The first-order valence-corrected chi connectivity index (χ1v) is 10.2. The van der Waals surface area contributed by atoms with Crippen LogP contribution in [-0.4, -0.2) is 29.4 Å². The third kappa shape index (κ3) is 3.51. The Balaban J connectivity index is 1.72. The lowest BCUT2D eigenvalue weighted by Crippen LogP contribution is -2.24. The van der Waals surface area contributed by atoms with Gasteiger partial charge in [-0.05, 0) is 44.0 Å². The number of aromatic nitrogens is 5. The summed E-state index contributed by atoms with van der Waals surface area (Å²) in [6, 6.07) is 15.0. The lowest BCUT2D eigenvalue weighted by Gasteiger charge is -2.22. The minimum atomic E-state index is -1.08. The monoisotopic (exact) mass is 414 g/mol. The summed E-state index contributed by atoms with van der Waals surface area (Å²) in [6.45, 7) is 2.13. The summed E-state index contributed by atoms with van der Waals surface area (Å²) in [5.74, 6) is 0.900. The van der Waals surface area contributed by atoms with Crippen molar-refractivity contribution in [3.63, 3.8) is 0 Å². The smallest absolute Gasteiger partial charge is 0.278 e. The van der Waals surface area contributed by atoms with Crippen LogP contribution in [0.25, 0.3) is 16.9 Å². The van der Waals surface area contributed by atoms with Gasteiger partial charge in [0.15, 0.2) is 11.5 Å². The number of pyridine rings is 1. The summed E-state index contributed by atoms with van der Waals surface area (Å²) in [4.78, 5) is 26.8. The molecule has 2 bridgehead atoms. The Morgan fingerprint density at radius 2 is 1.90 bits per heavy atom. The molecule has 8 heteroatoms. The molecule has 0 aliphatic carbocycles. The molecule has 8 nitrogen and oxygen atoms in total. The van der Waals surface area contributed by atoms with E-state index in [-0.39, 0.29) is 5.56 Å². The number of hydrogen-bond donors (Lipinski definition) is 2. The average Bonchev–Trinajstić information content (AvgIpc) is 3.04. The quantitative estimate of drug-likeness (QED) is 0.489. The van der Waals surface area contributed by atoms with E-state index < -0.39 is 5.60 Å². The number of benzene rings is 1. The van der Waals surface area contributed by atoms with Crippen LogP contribution in [0.5, 0.6) is 0 Å². The van der Waals surface area contributed by atoms with Crippen LogP contribution >= 0.6 is 0 Å². The van der Waals surface area contributed by atoms with Crippen LogP contribution in [0.4, 0.5) is 11.6 Å². The van der Waals surface area contributed by atoms with Crippen LogP contribution in [0, 0.1) is 0 Å². The molecular weight excluding hydrogens is 392 g/mol. The molecule has 0 fully saturated rings. The van der Waals surface area contributed by atoms with Gasteiger partial charge in [-0.1, -0.05) is 36.4 Å². The number of nitrogens with zero attached hydrogens (tertiary/aromatic N) is 5. The van der Waals surface area contributed by atoms with Crippen molar-refractivity contribution in [3.05, 3.63) is 82.9 Å². The van der Waals surface area contributed by atoms with Gasteiger partial charge >= 0.3 is 0 Å². The Bertz CT molecular complexity index is 1340. The SMILES string of the molecule is CC1(O)CC/C=C\Cn2c(=O)c3cnc(Nc4ccccc4)nc3n2-c2cccc1n2. The molecule has 1 aromatic carbocycles. The van der Waals surface area contributed by atoms with Crippen molar-refractivity contribution in [2.75, 3.05) is 5.32 Å². The number of aliphatic hydroxyl groups is 1. The summed E-state index contributed by atoms with van der Waals surface area (Å²) < 4.78 is 3.29. The maximum Gasteiger partial charge on any atom is 0.278 e. The van der Waals surface area contributed by atoms with E-state index in [9.17, 15) is 9.90 Å². The van der Waals surface area contributed by atoms with Crippen molar-refractivity contribution in [1.82, 2.24) is 24.3 Å². The maximum atomic E-state index is 13.1. The molecule has 1 aliphatic heterocycles. The molecule has 0 amide bonds. The van der Waals surface area contributed by atoms with Crippen LogP contribution in [0.2, 0.25) is 0 Å². The van der Waals surface area contributed by atoms with Crippen LogP contribution < -0.4 is 10.9 Å². The Morgan fingerprint density at radius 1 is 1.06 bits per heavy atom. The highest BCUT2D eigenvalue weighted by molar-refractivity contribution is 5.77. The summed E-state index contributed by atoms with van der Waals surface area (Å²) >= 11 is 0. The Kier molecular flexibility index (Phi) is 4.63. The van der Waals surface area contributed by atoms with Crippen molar-refractivity contribution in [3.8, 4) is 5.82 Å². The van der Waals surface area contributed by atoms with E-state index in [1.165, 1.54) is 0 Å². The van der Waals surface area contributed by atoms with Crippen molar-refractivity contribution in [2.45, 2.75) is 31.9 Å². The first-order valence-electron chi connectivity index (χ1n) is 10.2. The van der Waals surface area contributed by atoms with E-state index in [1.54, 1.807) is 28.6 Å². The third-order valence-corrected chi connectivity index (χ3v) is 5.45. The molecule has 4 heterocycles. The van der Waals surface area contributed by atoms with Crippen molar-refractivity contribution in [1.29, 1.82) is 0 Å². The van der Waals surface area contributed by atoms with Gasteiger partial charge in [0.25, 0.3) is 5.56 Å². The zero-order valence-corrected chi connectivity index (χ0v) is 17.1. The molecule has 3 aromatic heterocycles. The molecule has 0 radical (unpaired) electrons. The molecular formula is C23H22N6O2. The van der Waals surface area contributed by atoms with Crippen LogP contribution in [-0.2, 0) is 12.1 Å². The Morgan fingerprint density at radius 3 is 2.74 bits per heavy atom. The van der Waals surface area contributed by atoms with Gasteiger partial charge in [0.1, 0.15) is 11.0 Å². The molecule has 4 aromatic rings. The van der Waals surface area contributed by atoms with Gasteiger partial charge in [0, 0.05) is 11.9 Å². The molecule has 0 saturated carbocycles. The van der Waals surface area contributed by atoms with Crippen LogP contribution in [0.15, 0.2) is 71.7 Å². The van der Waals surface area contributed by atoms with Crippen LogP contribution in [0.1, 0.15) is 25.5 Å². The summed E-state index contributed by atoms with van der Waals surface area (Å²) in [6.07, 6.45) is 6.66. The molecule has 1 aliphatic rings. The molecule has 0 spiro atoms. The molecule has 5 rings (SSSR count). The average molecular weight is 414 g/mol. The summed E-state index contributed by atoms with van der Waals surface area (Å²) in [5, 5.41) is 14.5. The van der Waals surface area contributed by atoms with Crippen molar-refractivity contribution >= 4 is 22.7 Å². The van der Waals surface area contributed by atoms with E-state index in [0.29, 0.717) is 47.9 Å². The molecule has 0 saturated heterocycles. The fraction of sp³-hybridized carbons (Fsp3) is 0.217. The molecule has 1 atom stereocenters. The predicted molar refractivity (Wildman–Crippen MR) is 119 cm³/mol. The highest BCUT2D eigenvalue weighted by Crippen LogP contribution is 2.26. The minimum Gasteiger partial charge on any atom is -0.384 e. The topological polar surface area (TPSA) is 97.9 Å². The van der Waals surface area contributed by atoms with Gasteiger partial charge in [-0.2, -0.15) is 4.98 Å². The number of allylic oxidation sites excluding steroid dienone is 2. The lowest BCUT2D eigenvalue weighted by atomic mass is 9.95. The zero-order valence-electron chi connectivity index (χ0n) is 17.1. The molecule has 2 N–H and O–H groups in total. The van der Waals surface area contributed by atoms with E-state index in [4.69, 9.17) is 4.98 Å². The zero-order chi connectivity index (χ0) is 21.4. The molecule has 1 unspecified atom stereocenters. The van der Waals surface area contributed by atoms with Gasteiger partial charge in [0.2, 0.25) is 5.95 Å². The second-order valence-electron chi connectivity index (χ2n) is 7.79. The van der Waals surface area contributed by atoms with E-state index in [0.717, 1.165) is 5.69 Å². The number of rotatable bonds is 2. The fourth-order valence-electron chi connectivity index (χ4n) is 3.76. The number of fused-ring (bicyclic) bond motifs is 6. The Labute approximate surface area is 178 Å². The minimum absolute atomic E-state index is 0.191. The summed E-state index contributed by atoms with van der Waals surface area (Å²) in [7, 11) is 0. The third-order valence-electron chi connectivity index (χ3n) is 5.45. The number of nitrogens with one attached hydrogen (secondary N) is 1. The number of anilines is 2. The Hall–Kier alpha value is -3.78. The fourth-order valence-corrected chi connectivity index (χ4v) is 3.76. The van der Waals surface area contributed by atoms with Crippen molar-refractivity contribution < 1.29 is 5.11 Å². The van der Waals surface area contributed by atoms with E-state index in [1.807, 2.05) is 54.6 Å². The van der Waals surface area contributed by atoms with Gasteiger partial charge in [-0.25, -0.2) is 19.3 Å². The van der Waals surface area contributed by atoms with E-state index >= 15 is 0 Å². The van der Waals surface area contributed by atoms with Gasteiger partial charge in [0.05, 0.1) is 12.2 Å². The highest BCUT2D eigenvalue weighted by atomic mass is 16.3. The standard InChI is InChI=1S/C23H22N6O2/c1-23(31)13-6-3-7-14-28-21(30)17-15-24-22(25-16-9-4-2-5-10-16)27-20(17)29(28)19-12-8-11-18(23)26-19/h2-5,7-12,15,31H,6,13-14H2,1H3,(H,24,25,27)/b7-3-. The molecule has 31 heavy (non-hydrogen) atoms. The number of hydrogen-bond acceptors (Lipinski definition) is 6.